The first kappa shape index (κ1) is 18.0. The van der Waals surface area contributed by atoms with Gasteiger partial charge in [0.25, 0.3) is 0 Å². The number of aromatic nitrogens is 2. The number of benzene rings is 2. The van der Waals surface area contributed by atoms with Crippen molar-refractivity contribution in [3.05, 3.63) is 82.6 Å². The van der Waals surface area contributed by atoms with E-state index in [0.29, 0.717) is 23.3 Å². The highest BCUT2D eigenvalue weighted by Crippen LogP contribution is 2.25. The number of hydrogen-bond acceptors (Lipinski definition) is 4. The zero-order valence-electron chi connectivity index (χ0n) is 14.8. The van der Waals surface area contributed by atoms with Crippen molar-refractivity contribution in [3.8, 4) is 5.75 Å². The number of nitrogens with zero attached hydrogens (tertiary/aromatic N) is 2. The Kier molecular flexibility index (Phi) is 5.54. The second-order valence-electron chi connectivity index (χ2n) is 5.99. The van der Waals surface area contributed by atoms with Crippen LogP contribution in [0.15, 0.2) is 55.4 Å². The molecular formula is C21H20ClN3O. The van der Waals surface area contributed by atoms with Crippen LogP contribution >= 0.6 is 11.6 Å². The van der Waals surface area contributed by atoms with Gasteiger partial charge in [0.1, 0.15) is 6.61 Å². The standard InChI is InChI=1S/C21H20ClN3O/c1-4-16-7-5-6-15(3)20(16)25-21-23-11-18(12-24-21)26-13-17-10-14(2)8-9-19(17)22/h4-12H,1,13H2,2-3H3,(H,23,24,25). The zero-order valence-corrected chi connectivity index (χ0v) is 15.5. The summed E-state index contributed by atoms with van der Waals surface area (Å²) in [5, 5.41) is 3.93. The molecule has 0 spiro atoms. The van der Waals surface area contributed by atoms with Crippen LogP contribution in [0, 0.1) is 13.8 Å². The molecule has 1 N–H and O–H groups in total. The highest BCUT2D eigenvalue weighted by Gasteiger charge is 2.07. The van der Waals surface area contributed by atoms with Gasteiger partial charge in [-0.3, -0.25) is 0 Å². The molecule has 3 aromatic rings. The quantitative estimate of drug-likeness (QED) is 0.607. The molecule has 0 aliphatic heterocycles. The van der Waals surface area contributed by atoms with Crippen LogP contribution in [0.1, 0.15) is 22.3 Å². The fraction of sp³-hybridized carbons (Fsp3) is 0.143. The summed E-state index contributed by atoms with van der Waals surface area (Å²) in [6.07, 6.45) is 5.09. The van der Waals surface area contributed by atoms with Gasteiger partial charge >= 0.3 is 0 Å². The highest BCUT2D eigenvalue weighted by atomic mass is 35.5. The Morgan fingerprint density at radius 3 is 2.65 bits per heavy atom. The number of aryl methyl sites for hydroxylation is 2. The second-order valence-corrected chi connectivity index (χ2v) is 6.40. The van der Waals surface area contributed by atoms with E-state index in [1.807, 2.05) is 50.2 Å². The van der Waals surface area contributed by atoms with Crippen LogP contribution in [0.3, 0.4) is 0 Å². The van der Waals surface area contributed by atoms with Crippen molar-refractivity contribution in [1.82, 2.24) is 9.97 Å². The van der Waals surface area contributed by atoms with Gasteiger partial charge in [-0.15, -0.1) is 0 Å². The molecule has 0 fully saturated rings. The van der Waals surface area contributed by atoms with Gasteiger partial charge in [0, 0.05) is 10.6 Å². The van der Waals surface area contributed by atoms with Gasteiger partial charge in [0.2, 0.25) is 5.95 Å². The molecule has 1 heterocycles. The second kappa shape index (κ2) is 8.02. The molecule has 1 aromatic heterocycles. The lowest BCUT2D eigenvalue weighted by molar-refractivity contribution is 0.303. The summed E-state index contributed by atoms with van der Waals surface area (Å²) in [6.45, 7) is 8.26. The summed E-state index contributed by atoms with van der Waals surface area (Å²) in [5.41, 5.74) is 5.12. The molecule has 0 bridgehead atoms. The molecular weight excluding hydrogens is 346 g/mol. The van der Waals surface area contributed by atoms with Gasteiger partial charge in [0.15, 0.2) is 5.75 Å². The van der Waals surface area contributed by atoms with E-state index in [-0.39, 0.29) is 0 Å². The lowest BCUT2D eigenvalue weighted by Gasteiger charge is -2.12. The molecule has 0 saturated carbocycles. The van der Waals surface area contributed by atoms with E-state index in [0.717, 1.165) is 27.9 Å². The van der Waals surface area contributed by atoms with E-state index in [1.54, 1.807) is 18.5 Å². The average molecular weight is 366 g/mol. The van der Waals surface area contributed by atoms with Crippen LogP contribution in [0.5, 0.6) is 5.75 Å². The van der Waals surface area contributed by atoms with Crippen molar-refractivity contribution in [3.63, 3.8) is 0 Å². The number of nitrogens with one attached hydrogen (secondary N) is 1. The van der Waals surface area contributed by atoms with Crippen molar-refractivity contribution in [2.24, 2.45) is 0 Å². The maximum absolute atomic E-state index is 6.19. The maximum atomic E-state index is 6.19. The Bertz CT molecular complexity index is 923. The third kappa shape index (κ3) is 4.21. The smallest absolute Gasteiger partial charge is 0.227 e. The van der Waals surface area contributed by atoms with Crippen molar-refractivity contribution in [1.29, 1.82) is 0 Å². The lowest BCUT2D eigenvalue weighted by atomic mass is 10.1. The van der Waals surface area contributed by atoms with E-state index in [1.165, 1.54) is 0 Å². The first-order chi connectivity index (χ1) is 12.6. The summed E-state index contributed by atoms with van der Waals surface area (Å²) in [4.78, 5) is 8.66. The Morgan fingerprint density at radius 2 is 1.92 bits per heavy atom. The Hall–Kier alpha value is -2.85. The van der Waals surface area contributed by atoms with Crippen molar-refractivity contribution in [2.75, 3.05) is 5.32 Å². The number of anilines is 2. The van der Waals surface area contributed by atoms with E-state index in [9.17, 15) is 0 Å². The lowest BCUT2D eigenvalue weighted by Crippen LogP contribution is -2.02. The van der Waals surface area contributed by atoms with Crippen molar-refractivity contribution in [2.45, 2.75) is 20.5 Å². The van der Waals surface area contributed by atoms with Crippen LogP contribution in [-0.4, -0.2) is 9.97 Å². The van der Waals surface area contributed by atoms with Crippen LogP contribution in [0.4, 0.5) is 11.6 Å². The first-order valence-electron chi connectivity index (χ1n) is 8.26. The summed E-state index contributed by atoms with van der Waals surface area (Å²) in [6, 6.07) is 11.9. The summed E-state index contributed by atoms with van der Waals surface area (Å²) in [5.74, 6) is 1.09. The van der Waals surface area contributed by atoms with E-state index in [2.05, 4.69) is 21.9 Å². The van der Waals surface area contributed by atoms with Gasteiger partial charge in [-0.05, 0) is 31.0 Å². The van der Waals surface area contributed by atoms with Gasteiger partial charge in [-0.25, -0.2) is 9.97 Å². The predicted octanol–water partition coefficient (Wildman–Crippen LogP) is 5.71. The van der Waals surface area contributed by atoms with Crippen LogP contribution in [0.25, 0.3) is 6.08 Å². The molecule has 132 valence electrons. The average Bonchev–Trinajstić information content (AvgIpc) is 2.65. The fourth-order valence-electron chi connectivity index (χ4n) is 2.57. The molecule has 0 aliphatic rings. The van der Waals surface area contributed by atoms with Crippen molar-refractivity contribution < 1.29 is 4.74 Å². The molecule has 0 amide bonds. The maximum Gasteiger partial charge on any atom is 0.227 e. The number of halogens is 1. The molecule has 2 aromatic carbocycles. The Balaban J connectivity index is 1.69. The largest absolute Gasteiger partial charge is 0.486 e. The highest BCUT2D eigenvalue weighted by molar-refractivity contribution is 6.31. The normalized spacial score (nSPS) is 10.4. The molecule has 0 unspecified atom stereocenters. The van der Waals surface area contributed by atoms with Gasteiger partial charge in [-0.1, -0.05) is 60.2 Å². The molecule has 26 heavy (non-hydrogen) atoms. The molecule has 5 heteroatoms. The molecule has 0 aliphatic carbocycles. The predicted molar refractivity (Wildman–Crippen MR) is 107 cm³/mol. The van der Waals surface area contributed by atoms with Crippen LogP contribution in [-0.2, 0) is 6.61 Å². The molecule has 0 saturated heterocycles. The van der Waals surface area contributed by atoms with E-state index >= 15 is 0 Å². The number of ether oxygens (including phenoxy) is 1. The molecule has 3 rings (SSSR count). The third-order valence-corrected chi connectivity index (χ3v) is 4.35. The molecule has 0 atom stereocenters. The fourth-order valence-corrected chi connectivity index (χ4v) is 2.75. The summed E-state index contributed by atoms with van der Waals surface area (Å²) in [7, 11) is 0. The minimum absolute atomic E-state index is 0.370. The summed E-state index contributed by atoms with van der Waals surface area (Å²) < 4.78 is 5.75. The van der Waals surface area contributed by atoms with Crippen molar-refractivity contribution >= 4 is 29.3 Å². The monoisotopic (exact) mass is 365 g/mol. The SMILES string of the molecule is C=Cc1cccc(C)c1Nc1ncc(OCc2cc(C)ccc2Cl)cn1. The van der Waals surface area contributed by atoms with Crippen LogP contribution < -0.4 is 10.1 Å². The Labute approximate surface area is 158 Å². The number of hydrogen-bond donors (Lipinski definition) is 1. The third-order valence-electron chi connectivity index (χ3n) is 3.99. The van der Waals surface area contributed by atoms with E-state index in [4.69, 9.17) is 16.3 Å². The number of para-hydroxylation sites is 1. The van der Waals surface area contributed by atoms with Gasteiger partial charge in [-0.2, -0.15) is 0 Å². The minimum atomic E-state index is 0.370. The van der Waals surface area contributed by atoms with Crippen LogP contribution in [0.2, 0.25) is 5.02 Å². The van der Waals surface area contributed by atoms with Gasteiger partial charge < -0.3 is 10.1 Å². The topological polar surface area (TPSA) is 47.0 Å². The molecule has 4 nitrogen and oxygen atoms in total. The molecule has 0 radical (unpaired) electrons. The Morgan fingerprint density at radius 1 is 1.15 bits per heavy atom. The summed E-state index contributed by atoms with van der Waals surface area (Å²) >= 11 is 6.19. The number of rotatable bonds is 6. The van der Waals surface area contributed by atoms with Gasteiger partial charge in [0.05, 0.1) is 18.1 Å². The van der Waals surface area contributed by atoms with E-state index < -0.39 is 0 Å². The minimum Gasteiger partial charge on any atom is -0.486 e. The zero-order chi connectivity index (χ0) is 18.5. The first-order valence-corrected chi connectivity index (χ1v) is 8.63.